The molecule has 19 heavy (non-hydrogen) atoms. The molecule has 1 rings (SSSR count). The summed E-state index contributed by atoms with van der Waals surface area (Å²) in [6.07, 6.45) is -5.02. The third-order valence-corrected chi connectivity index (χ3v) is 2.09. The van der Waals surface area contributed by atoms with E-state index in [1.165, 1.54) is 6.07 Å². The molecule has 0 radical (unpaired) electrons. The lowest BCUT2D eigenvalue weighted by atomic mass is 10.0. The fraction of sp³-hybridized carbons (Fsp3) is 0.273. The number of nitrogens with zero attached hydrogens (tertiary/aromatic N) is 1. The first-order valence-corrected chi connectivity index (χ1v) is 4.84. The second-order valence-corrected chi connectivity index (χ2v) is 3.33. The van der Waals surface area contributed by atoms with Gasteiger partial charge >= 0.3 is 12.3 Å². The molecule has 0 aliphatic heterocycles. The minimum Gasteiger partial charge on any atom is -0.465 e. The molecule has 0 aliphatic rings. The van der Waals surface area contributed by atoms with Crippen molar-refractivity contribution < 1.29 is 32.5 Å². The molecule has 0 aromatic heterocycles. The first-order chi connectivity index (χ1) is 8.82. The summed E-state index contributed by atoms with van der Waals surface area (Å²) < 4.78 is 44.6. The molecule has 0 atom stereocenters. The Hall–Kier alpha value is -2.27. The molecule has 102 valence electrons. The van der Waals surface area contributed by atoms with Crippen LogP contribution < -0.4 is 4.74 Å². The predicted octanol–water partition coefficient (Wildman–Crippen LogP) is 1.74. The van der Waals surface area contributed by atoms with Crippen molar-refractivity contribution in [2.45, 2.75) is 13.0 Å². The number of esters is 1. The Labute approximate surface area is 105 Å². The van der Waals surface area contributed by atoms with Crippen LogP contribution in [-0.4, -0.2) is 24.5 Å². The summed E-state index contributed by atoms with van der Waals surface area (Å²) >= 11 is 0. The van der Waals surface area contributed by atoms with Crippen LogP contribution in [0.5, 0.6) is 5.75 Å². The van der Waals surface area contributed by atoms with Crippen LogP contribution in [0.2, 0.25) is 0 Å². The van der Waals surface area contributed by atoms with Gasteiger partial charge < -0.3 is 14.6 Å². The summed E-state index contributed by atoms with van der Waals surface area (Å²) in [5, 5.41) is 17.8. The molecular formula is C11H8F3NO4. The van der Waals surface area contributed by atoms with Crippen molar-refractivity contribution in [1.82, 2.24) is 0 Å². The van der Waals surface area contributed by atoms with E-state index in [1.807, 2.05) is 0 Å². The van der Waals surface area contributed by atoms with Gasteiger partial charge in [0.1, 0.15) is 17.4 Å². The number of carbonyl (C=O) groups is 1. The minimum atomic E-state index is -5.02. The smallest absolute Gasteiger partial charge is 0.465 e. The van der Waals surface area contributed by atoms with Gasteiger partial charge in [-0.1, -0.05) is 0 Å². The lowest BCUT2D eigenvalue weighted by molar-refractivity contribution is -0.274. The standard InChI is InChI=1S/C11H8F3NO4/c1-18-10(17)7-2-6(5-16)3-9(8(7)4-15)19-11(12,13)14/h2-3,16H,5H2,1H3. The first kappa shape index (κ1) is 14.8. The number of hydrogen-bond donors (Lipinski definition) is 1. The highest BCUT2D eigenvalue weighted by Gasteiger charge is 2.33. The first-order valence-electron chi connectivity index (χ1n) is 4.84. The highest BCUT2D eigenvalue weighted by Crippen LogP contribution is 2.30. The summed E-state index contributed by atoms with van der Waals surface area (Å²) in [5.74, 6) is -1.86. The van der Waals surface area contributed by atoms with E-state index < -0.39 is 35.8 Å². The molecule has 0 spiro atoms. The number of rotatable bonds is 3. The third-order valence-electron chi connectivity index (χ3n) is 2.09. The molecule has 1 N–H and O–H groups in total. The van der Waals surface area contributed by atoms with Crippen molar-refractivity contribution in [3.63, 3.8) is 0 Å². The van der Waals surface area contributed by atoms with E-state index in [0.29, 0.717) is 0 Å². The molecule has 0 heterocycles. The Morgan fingerprint density at radius 1 is 1.47 bits per heavy atom. The van der Waals surface area contributed by atoms with Crippen LogP contribution in [0.15, 0.2) is 12.1 Å². The zero-order valence-corrected chi connectivity index (χ0v) is 9.61. The number of benzene rings is 1. The van der Waals surface area contributed by atoms with Crippen LogP contribution in [0, 0.1) is 11.3 Å². The SMILES string of the molecule is COC(=O)c1cc(CO)cc(OC(F)(F)F)c1C#N. The Balaban J connectivity index is 3.44. The minimum absolute atomic E-state index is 0.0151. The molecule has 0 aliphatic carbocycles. The van der Waals surface area contributed by atoms with Crippen LogP contribution in [0.3, 0.4) is 0 Å². The lowest BCUT2D eigenvalue weighted by Gasteiger charge is -2.13. The van der Waals surface area contributed by atoms with E-state index in [0.717, 1.165) is 19.2 Å². The van der Waals surface area contributed by atoms with Crippen molar-refractivity contribution in [2.24, 2.45) is 0 Å². The molecule has 1 aromatic carbocycles. The summed E-state index contributed by atoms with van der Waals surface area (Å²) in [7, 11) is 1.01. The van der Waals surface area contributed by atoms with Crippen molar-refractivity contribution in [3.05, 3.63) is 28.8 Å². The fourth-order valence-corrected chi connectivity index (χ4v) is 1.36. The summed E-state index contributed by atoms with van der Waals surface area (Å²) in [6, 6.07) is 3.34. The van der Waals surface area contributed by atoms with E-state index in [4.69, 9.17) is 10.4 Å². The maximum atomic E-state index is 12.2. The number of ether oxygens (including phenoxy) is 2. The van der Waals surface area contributed by atoms with E-state index in [9.17, 15) is 18.0 Å². The highest BCUT2D eigenvalue weighted by molar-refractivity contribution is 5.93. The predicted molar refractivity (Wildman–Crippen MR) is 55.1 cm³/mol. The average molecular weight is 275 g/mol. The normalized spacial score (nSPS) is 10.7. The molecular weight excluding hydrogens is 267 g/mol. The summed E-state index contributed by atoms with van der Waals surface area (Å²) in [5.41, 5.74) is -1.03. The molecule has 0 saturated heterocycles. The number of methoxy groups -OCH3 is 1. The maximum absolute atomic E-state index is 12.2. The Morgan fingerprint density at radius 3 is 2.53 bits per heavy atom. The fourth-order valence-electron chi connectivity index (χ4n) is 1.36. The number of alkyl halides is 3. The van der Waals surface area contributed by atoms with Crippen LogP contribution in [-0.2, 0) is 11.3 Å². The highest BCUT2D eigenvalue weighted by atomic mass is 19.4. The average Bonchev–Trinajstić information content (AvgIpc) is 2.34. The van der Waals surface area contributed by atoms with E-state index >= 15 is 0 Å². The van der Waals surface area contributed by atoms with Crippen LogP contribution >= 0.6 is 0 Å². The van der Waals surface area contributed by atoms with Gasteiger partial charge in [-0.3, -0.25) is 0 Å². The zero-order chi connectivity index (χ0) is 14.6. The maximum Gasteiger partial charge on any atom is 0.573 e. The van der Waals surface area contributed by atoms with E-state index in [-0.39, 0.29) is 5.56 Å². The monoisotopic (exact) mass is 275 g/mol. The molecule has 0 amide bonds. The van der Waals surface area contributed by atoms with Gasteiger partial charge in [0.2, 0.25) is 0 Å². The van der Waals surface area contributed by atoms with Crippen LogP contribution in [0.4, 0.5) is 13.2 Å². The summed E-state index contributed by atoms with van der Waals surface area (Å²) in [6.45, 7) is -0.621. The Morgan fingerprint density at radius 2 is 2.11 bits per heavy atom. The molecule has 8 heteroatoms. The number of halogens is 3. The number of hydrogen-bond acceptors (Lipinski definition) is 5. The molecule has 0 fully saturated rings. The van der Waals surface area contributed by atoms with Crippen molar-refractivity contribution in [1.29, 1.82) is 5.26 Å². The van der Waals surface area contributed by atoms with Gasteiger partial charge in [-0.15, -0.1) is 13.2 Å². The van der Waals surface area contributed by atoms with Crippen molar-refractivity contribution in [3.8, 4) is 11.8 Å². The summed E-state index contributed by atoms with van der Waals surface area (Å²) in [4.78, 5) is 11.4. The Bertz CT molecular complexity index is 534. The van der Waals surface area contributed by atoms with Crippen molar-refractivity contribution >= 4 is 5.97 Å². The van der Waals surface area contributed by atoms with E-state index in [1.54, 1.807) is 0 Å². The van der Waals surface area contributed by atoms with Gasteiger partial charge in [0.05, 0.1) is 19.3 Å². The van der Waals surface area contributed by atoms with Crippen LogP contribution in [0.25, 0.3) is 0 Å². The second-order valence-electron chi connectivity index (χ2n) is 3.33. The molecule has 1 aromatic rings. The van der Waals surface area contributed by atoms with Gasteiger partial charge in [0, 0.05) is 0 Å². The van der Waals surface area contributed by atoms with Crippen LogP contribution in [0.1, 0.15) is 21.5 Å². The topological polar surface area (TPSA) is 79.6 Å². The van der Waals surface area contributed by atoms with Gasteiger partial charge in [0.25, 0.3) is 0 Å². The largest absolute Gasteiger partial charge is 0.573 e. The Kier molecular flexibility index (Phi) is 4.34. The quantitative estimate of drug-likeness (QED) is 0.850. The number of aliphatic hydroxyl groups excluding tert-OH is 1. The molecule has 0 unspecified atom stereocenters. The lowest BCUT2D eigenvalue weighted by Crippen LogP contribution is -2.19. The number of carbonyl (C=O) groups excluding carboxylic acids is 1. The molecule has 5 nitrogen and oxygen atoms in total. The number of aliphatic hydroxyl groups is 1. The number of nitriles is 1. The van der Waals surface area contributed by atoms with Gasteiger partial charge in [-0.25, -0.2) is 4.79 Å². The molecule has 0 saturated carbocycles. The second kappa shape index (κ2) is 5.58. The van der Waals surface area contributed by atoms with Gasteiger partial charge in [0.15, 0.2) is 0 Å². The zero-order valence-electron chi connectivity index (χ0n) is 9.61. The van der Waals surface area contributed by atoms with Gasteiger partial charge in [-0.05, 0) is 17.7 Å². The molecule has 0 bridgehead atoms. The van der Waals surface area contributed by atoms with E-state index in [2.05, 4.69) is 9.47 Å². The van der Waals surface area contributed by atoms with Crippen molar-refractivity contribution in [2.75, 3.05) is 7.11 Å². The van der Waals surface area contributed by atoms with Gasteiger partial charge in [-0.2, -0.15) is 5.26 Å². The third kappa shape index (κ3) is 3.59.